The lowest BCUT2D eigenvalue weighted by Gasteiger charge is -2.12. The Labute approximate surface area is 174 Å². The number of thiazole rings is 1. The summed E-state index contributed by atoms with van der Waals surface area (Å²) in [7, 11) is 1.75. The van der Waals surface area contributed by atoms with E-state index >= 15 is 0 Å². The molecule has 8 heteroatoms. The lowest BCUT2D eigenvalue weighted by atomic mass is 10.1. The molecule has 0 fully saturated rings. The van der Waals surface area contributed by atoms with Crippen LogP contribution in [0.4, 0.5) is 0 Å². The van der Waals surface area contributed by atoms with E-state index in [9.17, 15) is 0 Å². The van der Waals surface area contributed by atoms with E-state index in [0.717, 1.165) is 28.6 Å². The Morgan fingerprint density at radius 2 is 1.88 bits per heavy atom. The zero-order chi connectivity index (χ0) is 16.8. The van der Waals surface area contributed by atoms with Crippen molar-refractivity contribution in [3.8, 4) is 0 Å². The highest BCUT2D eigenvalue weighted by Crippen LogP contribution is 2.24. The highest BCUT2D eigenvalue weighted by atomic mass is 127. The van der Waals surface area contributed by atoms with E-state index in [4.69, 9.17) is 23.2 Å². The zero-order valence-corrected chi connectivity index (χ0v) is 18.5. The van der Waals surface area contributed by atoms with Gasteiger partial charge in [0.15, 0.2) is 5.96 Å². The van der Waals surface area contributed by atoms with Gasteiger partial charge in [-0.05, 0) is 38.0 Å². The summed E-state index contributed by atoms with van der Waals surface area (Å²) < 4.78 is 0. The van der Waals surface area contributed by atoms with E-state index in [0.29, 0.717) is 23.1 Å². The molecule has 0 aliphatic carbocycles. The molecule has 0 aliphatic heterocycles. The SMILES string of the molecule is CN=C(NCCc1c(Cl)cccc1Cl)NCc1sc(C)nc1C.I. The second kappa shape index (κ2) is 10.4. The topological polar surface area (TPSA) is 49.3 Å². The van der Waals surface area contributed by atoms with Gasteiger partial charge < -0.3 is 10.6 Å². The molecule has 2 aromatic rings. The predicted octanol–water partition coefficient (Wildman–Crippen LogP) is 4.59. The number of aromatic nitrogens is 1. The minimum absolute atomic E-state index is 0. The molecule has 2 rings (SSSR count). The Hall–Kier alpha value is -0.570. The standard InChI is InChI=1S/C16H20Cl2N4S.HI/c1-10-15(23-11(2)22-10)9-21-16(19-3)20-8-7-12-13(17)5-4-6-14(12)18;/h4-6H,7-9H2,1-3H3,(H2,19,20,21);1H. The van der Waals surface area contributed by atoms with Crippen LogP contribution in [0.2, 0.25) is 10.0 Å². The molecule has 1 aromatic carbocycles. The summed E-state index contributed by atoms with van der Waals surface area (Å²) in [4.78, 5) is 9.88. The summed E-state index contributed by atoms with van der Waals surface area (Å²) in [5.74, 6) is 0.749. The molecular formula is C16H21Cl2IN4S. The fourth-order valence-electron chi connectivity index (χ4n) is 2.20. The van der Waals surface area contributed by atoms with Crippen molar-refractivity contribution in [2.45, 2.75) is 26.8 Å². The third-order valence-corrected chi connectivity index (χ3v) is 5.15. The number of halogens is 3. The predicted molar refractivity (Wildman–Crippen MR) is 115 cm³/mol. The number of aryl methyl sites for hydroxylation is 2. The number of guanidine groups is 1. The van der Waals surface area contributed by atoms with E-state index in [1.807, 2.05) is 32.0 Å². The average molecular weight is 499 g/mol. The molecule has 0 radical (unpaired) electrons. The largest absolute Gasteiger partial charge is 0.356 e. The summed E-state index contributed by atoms with van der Waals surface area (Å²) in [5, 5.41) is 9.04. The number of hydrogen-bond donors (Lipinski definition) is 2. The molecule has 0 amide bonds. The zero-order valence-electron chi connectivity index (χ0n) is 13.8. The Morgan fingerprint density at radius 3 is 2.42 bits per heavy atom. The number of nitrogens with one attached hydrogen (secondary N) is 2. The molecule has 0 saturated carbocycles. The smallest absolute Gasteiger partial charge is 0.191 e. The van der Waals surface area contributed by atoms with Gasteiger partial charge in [0.25, 0.3) is 0 Å². The van der Waals surface area contributed by atoms with Gasteiger partial charge in [-0.3, -0.25) is 4.99 Å². The molecule has 0 saturated heterocycles. The maximum atomic E-state index is 6.18. The molecule has 0 aliphatic rings. The third-order valence-electron chi connectivity index (χ3n) is 3.37. The van der Waals surface area contributed by atoms with Gasteiger partial charge in [-0.15, -0.1) is 35.3 Å². The van der Waals surface area contributed by atoms with Gasteiger partial charge in [-0.25, -0.2) is 4.98 Å². The van der Waals surface area contributed by atoms with Gasteiger partial charge in [-0.2, -0.15) is 0 Å². The summed E-state index contributed by atoms with van der Waals surface area (Å²) >= 11 is 14.1. The van der Waals surface area contributed by atoms with Crippen molar-refractivity contribution in [1.29, 1.82) is 0 Å². The minimum atomic E-state index is 0. The second-order valence-electron chi connectivity index (χ2n) is 5.04. The first kappa shape index (κ1) is 21.5. The van der Waals surface area contributed by atoms with Crippen LogP contribution in [0.1, 0.15) is 21.1 Å². The van der Waals surface area contributed by atoms with Crippen molar-refractivity contribution in [1.82, 2.24) is 15.6 Å². The molecule has 2 N–H and O–H groups in total. The number of nitrogens with zero attached hydrogens (tertiary/aromatic N) is 2. The van der Waals surface area contributed by atoms with Crippen LogP contribution in [0.15, 0.2) is 23.2 Å². The molecule has 0 spiro atoms. The first-order chi connectivity index (χ1) is 11.0. The molecular weight excluding hydrogens is 478 g/mol. The van der Waals surface area contributed by atoms with Crippen molar-refractivity contribution < 1.29 is 0 Å². The van der Waals surface area contributed by atoms with Crippen LogP contribution in [0.3, 0.4) is 0 Å². The molecule has 1 heterocycles. The van der Waals surface area contributed by atoms with Crippen molar-refractivity contribution >= 4 is 64.5 Å². The van der Waals surface area contributed by atoms with Crippen LogP contribution < -0.4 is 10.6 Å². The van der Waals surface area contributed by atoms with Crippen molar-refractivity contribution in [2.75, 3.05) is 13.6 Å². The summed E-state index contributed by atoms with van der Waals surface area (Å²) in [6.07, 6.45) is 0.734. The van der Waals surface area contributed by atoms with Gasteiger partial charge in [0.05, 0.1) is 17.2 Å². The van der Waals surface area contributed by atoms with Gasteiger partial charge in [0.1, 0.15) is 0 Å². The quantitative estimate of drug-likeness (QED) is 0.360. The van der Waals surface area contributed by atoms with Crippen molar-refractivity contribution in [3.05, 3.63) is 49.4 Å². The maximum Gasteiger partial charge on any atom is 0.191 e. The fourth-order valence-corrected chi connectivity index (χ4v) is 3.66. The summed E-state index contributed by atoms with van der Waals surface area (Å²) in [6.45, 7) is 5.45. The van der Waals surface area contributed by atoms with Crippen LogP contribution in [0.5, 0.6) is 0 Å². The molecule has 1 aromatic heterocycles. The van der Waals surface area contributed by atoms with Crippen molar-refractivity contribution in [2.24, 2.45) is 4.99 Å². The monoisotopic (exact) mass is 498 g/mol. The Kier molecular flexibility index (Phi) is 9.33. The Bertz CT molecular complexity index is 683. The third kappa shape index (κ3) is 6.06. The molecule has 132 valence electrons. The molecule has 0 bridgehead atoms. The first-order valence-corrected chi connectivity index (χ1v) is 8.88. The maximum absolute atomic E-state index is 6.18. The lowest BCUT2D eigenvalue weighted by molar-refractivity contribution is 0.796. The van der Waals surface area contributed by atoms with Crippen molar-refractivity contribution in [3.63, 3.8) is 0 Å². The first-order valence-electron chi connectivity index (χ1n) is 7.31. The fraction of sp³-hybridized carbons (Fsp3) is 0.375. The normalized spacial score (nSPS) is 11.1. The Morgan fingerprint density at radius 1 is 1.21 bits per heavy atom. The molecule has 0 atom stereocenters. The number of aliphatic imine (C=N–C) groups is 1. The van der Waals surface area contributed by atoms with Crippen LogP contribution in [-0.2, 0) is 13.0 Å². The van der Waals surface area contributed by atoms with Crippen LogP contribution >= 0.6 is 58.5 Å². The Balaban J connectivity index is 0.00000288. The number of hydrogen-bond acceptors (Lipinski definition) is 3. The van der Waals surface area contributed by atoms with E-state index < -0.39 is 0 Å². The molecule has 24 heavy (non-hydrogen) atoms. The van der Waals surface area contributed by atoms with E-state index in [1.165, 1.54) is 4.88 Å². The van der Waals surface area contributed by atoms with Crippen LogP contribution in [-0.4, -0.2) is 24.5 Å². The average Bonchev–Trinajstić information content (AvgIpc) is 2.83. The van der Waals surface area contributed by atoms with Crippen LogP contribution in [0.25, 0.3) is 0 Å². The van der Waals surface area contributed by atoms with Gasteiger partial charge in [0.2, 0.25) is 0 Å². The van der Waals surface area contributed by atoms with E-state index in [2.05, 4.69) is 20.6 Å². The van der Waals surface area contributed by atoms with E-state index in [1.54, 1.807) is 18.4 Å². The highest BCUT2D eigenvalue weighted by Gasteiger charge is 2.07. The highest BCUT2D eigenvalue weighted by molar-refractivity contribution is 14.0. The minimum Gasteiger partial charge on any atom is -0.356 e. The number of rotatable bonds is 5. The van der Waals surface area contributed by atoms with Gasteiger partial charge in [-0.1, -0.05) is 29.3 Å². The molecule has 4 nitrogen and oxygen atoms in total. The number of benzene rings is 1. The van der Waals surface area contributed by atoms with Gasteiger partial charge >= 0.3 is 0 Å². The summed E-state index contributed by atoms with van der Waals surface area (Å²) in [5.41, 5.74) is 2.02. The second-order valence-corrected chi connectivity index (χ2v) is 7.15. The lowest BCUT2D eigenvalue weighted by Crippen LogP contribution is -2.37. The van der Waals surface area contributed by atoms with Crippen LogP contribution in [0, 0.1) is 13.8 Å². The molecule has 0 unspecified atom stereocenters. The van der Waals surface area contributed by atoms with Gasteiger partial charge in [0, 0.05) is 28.5 Å². The van der Waals surface area contributed by atoms with E-state index in [-0.39, 0.29) is 24.0 Å². The summed E-state index contributed by atoms with van der Waals surface area (Å²) in [6, 6.07) is 5.55.